The molecule has 0 spiro atoms. The molecule has 3 fully saturated rings. The zero-order valence-corrected chi connectivity index (χ0v) is 20.2. The maximum absolute atomic E-state index is 13.4. The minimum atomic E-state index is -0.891. The lowest BCUT2D eigenvalue weighted by Crippen LogP contribution is -2.49. The highest BCUT2D eigenvalue weighted by Gasteiger charge is 2.56. The number of allylic oxidation sites excluding steroid dienone is 3. The van der Waals surface area contributed by atoms with Gasteiger partial charge in [-0.2, -0.15) is 0 Å². The number of aliphatic carboxylic acids is 1. The maximum Gasteiger partial charge on any atom is 0.332 e. The molecule has 5 aliphatic rings. The molecule has 5 aliphatic carbocycles. The second-order valence-electron chi connectivity index (χ2n) is 12.4. The van der Waals surface area contributed by atoms with Crippen molar-refractivity contribution in [2.24, 2.45) is 40.4 Å². The van der Waals surface area contributed by atoms with Gasteiger partial charge in [0.2, 0.25) is 0 Å². The fourth-order valence-corrected chi connectivity index (χ4v) is 8.90. The van der Waals surface area contributed by atoms with Gasteiger partial charge in [0.1, 0.15) is 5.78 Å². The monoisotopic (exact) mass is 438 g/mol. The van der Waals surface area contributed by atoms with Crippen molar-refractivity contribution in [1.82, 2.24) is 0 Å². The van der Waals surface area contributed by atoms with E-state index in [1.54, 1.807) is 0 Å². The summed E-state index contributed by atoms with van der Waals surface area (Å²) in [7, 11) is 0. The number of hydrogen-bond donors (Lipinski definition) is 1. The van der Waals surface area contributed by atoms with Crippen LogP contribution in [-0.2, 0) is 9.59 Å². The van der Waals surface area contributed by atoms with E-state index in [4.69, 9.17) is 0 Å². The van der Waals surface area contributed by atoms with E-state index in [1.807, 2.05) is 6.08 Å². The van der Waals surface area contributed by atoms with Gasteiger partial charge in [0.15, 0.2) is 0 Å². The molecule has 6 atom stereocenters. The van der Waals surface area contributed by atoms with E-state index in [0.717, 1.165) is 18.8 Å². The Morgan fingerprint density at radius 3 is 2.53 bits per heavy atom. The first-order valence-corrected chi connectivity index (χ1v) is 13.5. The molecule has 0 saturated heterocycles. The number of Topliss-reactive ketones (excluding diaryl/α,β-unsaturated/α-hetero) is 1. The summed E-state index contributed by atoms with van der Waals surface area (Å²) in [4.78, 5) is 25.6. The first-order chi connectivity index (χ1) is 15.3. The van der Waals surface area contributed by atoms with E-state index < -0.39 is 11.9 Å². The molecule has 32 heavy (non-hydrogen) atoms. The van der Waals surface area contributed by atoms with E-state index >= 15 is 0 Å². The number of rotatable bonds is 5. The lowest BCUT2D eigenvalue weighted by atomic mass is 9.47. The number of fused-ring (bicyclic) bond motifs is 5. The van der Waals surface area contributed by atoms with Gasteiger partial charge >= 0.3 is 5.97 Å². The Morgan fingerprint density at radius 1 is 1.00 bits per heavy atom. The molecule has 0 heterocycles. The zero-order chi connectivity index (χ0) is 22.5. The molecule has 3 nitrogen and oxygen atoms in total. The van der Waals surface area contributed by atoms with E-state index in [9.17, 15) is 14.7 Å². The van der Waals surface area contributed by atoms with E-state index in [0.29, 0.717) is 41.6 Å². The quantitative estimate of drug-likeness (QED) is 0.497. The molecule has 1 unspecified atom stereocenters. The second-order valence-corrected chi connectivity index (χ2v) is 12.4. The van der Waals surface area contributed by atoms with Gasteiger partial charge in [-0.1, -0.05) is 58.4 Å². The molecule has 0 aromatic rings. The Morgan fingerprint density at radius 2 is 1.78 bits per heavy atom. The summed E-state index contributed by atoms with van der Waals surface area (Å²) in [5.74, 6) is 1.65. The van der Waals surface area contributed by atoms with Crippen molar-refractivity contribution in [3.8, 4) is 0 Å². The van der Waals surface area contributed by atoms with Gasteiger partial charge in [-0.05, 0) is 91.1 Å². The fourth-order valence-electron chi connectivity index (χ4n) is 8.90. The summed E-state index contributed by atoms with van der Waals surface area (Å²) < 4.78 is 0. The number of carboxylic acids is 1. The lowest BCUT2D eigenvalue weighted by molar-refractivity contribution is -0.136. The Kier molecular flexibility index (Phi) is 5.91. The molecule has 0 aromatic heterocycles. The number of ketones is 1. The molecular weight excluding hydrogens is 396 g/mol. The largest absolute Gasteiger partial charge is 0.478 e. The third kappa shape index (κ3) is 3.72. The Balaban J connectivity index is 1.39. The van der Waals surface area contributed by atoms with Crippen LogP contribution in [0, 0.1) is 40.4 Å². The summed E-state index contributed by atoms with van der Waals surface area (Å²) in [6.45, 7) is 4.88. The van der Waals surface area contributed by atoms with Gasteiger partial charge in [-0.15, -0.1) is 0 Å². The molecule has 0 aromatic carbocycles. The summed E-state index contributed by atoms with van der Waals surface area (Å²) >= 11 is 0. The van der Waals surface area contributed by atoms with Gasteiger partial charge in [0.05, 0.1) is 5.92 Å². The van der Waals surface area contributed by atoms with Crippen LogP contribution in [0.3, 0.4) is 0 Å². The van der Waals surface area contributed by atoms with Gasteiger partial charge in [-0.25, -0.2) is 4.79 Å². The summed E-state index contributed by atoms with van der Waals surface area (Å²) in [5.41, 5.74) is 2.04. The van der Waals surface area contributed by atoms with Crippen LogP contribution in [0.25, 0.3) is 0 Å². The summed E-state index contributed by atoms with van der Waals surface area (Å²) in [5, 5.41) is 9.99. The molecular formula is C29H42O3. The predicted molar refractivity (Wildman–Crippen MR) is 127 cm³/mol. The number of carboxylic acid groups (broad SMARTS) is 1. The van der Waals surface area contributed by atoms with Gasteiger partial charge in [0.25, 0.3) is 0 Å². The van der Waals surface area contributed by atoms with Crippen LogP contribution >= 0.6 is 0 Å². The van der Waals surface area contributed by atoms with Crippen LogP contribution in [0.4, 0.5) is 0 Å². The topological polar surface area (TPSA) is 54.4 Å². The minimum Gasteiger partial charge on any atom is -0.478 e. The standard InChI is InChI=1S/C29H42O3/c1-28-15-6-9-24(28)21-12-11-20-17-22(27(31)32)23(18-29(20,2)25(21)14-16-28)26(30)13-10-19-7-4-3-5-8-19/h11,17,19,21,23-25H,3-10,12-16,18H2,1-2H3,(H,31,32)/t21-,23?,24-,25-,28-,29-/m0/s1. The van der Waals surface area contributed by atoms with Crippen molar-refractivity contribution in [2.45, 2.75) is 104 Å². The number of carbonyl (C=O) groups excluding carboxylic acids is 1. The van der Waals surface area contributed by atoms with Crippen LogP contribution in [0.1, 0.15) is 104 Å². The molecule has 0 aliphatic heterocycles. The van der Waals surface area contributed by atoms with Crippen molar-refractivity contribution >= 4 is 11.8 Å². The zero-order valence-electron chi connectivity index (χ0n) is 20.2. The second kappa shape index (κ2) is 8.44. The van der Waals surface area contributed by atoms with Crippen molar-refractivity contribution in [2.75, 3.05) is 0 Å². The van der Waals surface area contributed by atoms with E-state index in [2.05, 4.69) is 19.9 Å². The van der Waals surface area contributed by atoms with E-state index in [-0.39, 0.29) is 11.2 Å². The summed E-state index contributed by atoms with van der Waals surface area (Å²) in [6, 6.07) is 0. The normalized spacial score (nSPS) is 41.7. The summed E-state index contributed by atoms with van der Waals surface area (Å²) in [6.07, 6.45) is 20.6. The van der Waals surface area contributed by atoms with Crippen molar-refractivity contribution in [3.05, 3.63) is 23.3 Å². The molecule has 3 heteroatoms. The molecule has 0 radical (unpaired) electrons. The van der Waals surface area contributed by atoms with Crippen molar-refractivity contribution < 1.29 is 14.7 Å². The highest BCUT2D eigenvalue weighted by atomic mass is 16.4. The highest BCUT2D eigenvalue weighted by Crippen LogP contribution is 2.65. The number of hydrogen-bond acceptors (Lipinski definition) is 2. The van der Waals surface area contributed by atoms with E-state index in [1.165, 1.54) is 69.8 Å². The van der Waals surface area contributed by atoms with Crippen LogP contribution in [0.2, 0.25) is 0 Å². The third-order valence-electron chi connectivity index (χ3n) is 10.8. The number of carbonyl (C=O) groups is 2. The van der Waals surface area contributed by atoms with Crippen molar-refractivity contribution in [3.63, 3.8) is 0 Å². The maximum atomic E-state index is 13.4. The fraction of sp³-hybridized carbons (Fsp3) is 0.793. The van der Waals surface area contributed by atoms with Gasteiger partial charge in [-0.3, -0.25) is 4.79 Å². The van der Waals surface area contributed by atoms with Crippen LogP contribution < -0.4 is 0 Å². The van der Waals surface area contributed by atoms with Crippen LogP contribution in [0.5, 0.6) is 0 Å². The third-order valence-corrected chi connectivity index (χ3v) is 10.8. The molecule has 176 valence electrons. The Bertz CT molecular complexity index is 831. The smallest absolute Gasteiger partial charge is 0.332 e. The predicted octanol–water partition coefficient (Wildman–Crippen LogP) is 7.12. The minimum absolute atomic E-state index is 0.0447. The van der Waals surface area contributed by atoms with Crippen LogP contribution in [-0.4, -0.2) is 16.9 Å². The van der Waals surface area contributed by atoms with Gasteiger partial charge < -0.3 is 5.11 Å². The molecule has 0 bridgehead atoms. The lowest BCUT2D eigenvalue weighted by Gasteiger charge is -2.57. The van der Waals surface area contributed by atoms with Crippen LogP contribution in [0.15, 0.2) is 23.3 Å². The highest BCUT2D eigenvalue weighted by molar-refractivity contribution is 5.98. The SMILES string of the molecule is C[C@@]12CCC[C@H]1[C@@H]1CC=C3C=C(C(=O)O)C(C(=O)CCC4CCCCC4)C[C@]3(C)[C@H]1CC2. The van der Waals surface area contributed by atoms with Crippen molar-refractivity contribution in [1.29, 1.82) is 0 Å². The Hall–Kier alpha value is -1.38. The average Bonchev–Trinajstić information content (AvgIpc) is 3.18. The van der Waals surface area contributed by atoms with Gasteiger partial charge in [0, 0.05) is 12.0 Å². The first kappa shape index (κ1) is 22.4. The first-order valence-electron chi connectivity index (χ1n) is 13.5. The molecule has 5 rings (SSSR count). The molecule has 1 N–H and O–H groups in total. The average molecular weight is 439 g/mol. The molecule has 3 saturated carbocycles. The molecule has 0 amide bonds. The Labute approximate surface area is 194 Å².